The van der Waals surface area contributed by atoms with Gasteiger partial charge in [0.2, 0.25) is 0 Å². The number of hydrogen-bond acceptors (Lipinski definition) is 1. The van der Waals surface area contributed by atoms with Crippen molar-refractivity contribution in [3.05, 3.63) is 30.2 Å². The predicted octanol–water partition coefficient (Wildman–Crippen LogP) is 1.94. The second-order valence-electron chi connectivity index (χ2n) is 2.44. The van der Waals surface area contributed by atoms with Gasteiger partial charge in [-0.3, -0.25) is 4.98 Å². The summed E-state index contributed by atoms with van der Waals surface area (Å²) in [6.45, 7) is 0. The first kappa shape index (κ1) is 6.81. The molecule has 1 N–H and O–H groups in total. The van der Waals surface area contributed by atoms with Gasteiger partial charge in [-0.2, -0.15) is 0 Å². The van der Waals surface area contributed by atoms with Crippen LogP contribution in [0.2, 0.25) is 0 Å². The van der Waals surface area contributed by atoms with Crippen LogP contribution in [0.15, 0.2) is 24.7 Å². The summed E-state index contributed by atoms with van der Waals surface area (Å²) in [6, 6.07) is 2.08. The Morgan fingerprint density at radius 1 is 1.45 bits per heavy atom. The summed E-state index contributed by atoms with van der Waals surface area (Å²) in [6.07, 6.45) is 6.65. The van der Waals surface area contributed by atoms with Crippen molar-refractivity contribution >= 4 is 20.1 Å². The monoisotopic (exact) mass is 164 g/mol. The molecule has 0 saturated heterocycles. The summed E-state index contributed by atoms with van der Waals surface area (Å²) >= 11 is 0. The van der Waals surface area contributed by atoms with Crippen molar-refractivity contribution in [1.29, 1.82) is 0 Å². The van der Waals surface area contributed by atoms with Gasteiger partial charge in [-0.05, 0) is 17.8 Å². The van der Waals surface area contributed by atoms with Gasteiger partial charge >= 0.3 is 0 Å². The van der Waals surface area contributed by atoms with Crippen molar-refractivity contribution in [3.8, 4) is 0 Å². The topological polar surface area (TPSA) is 28.7 Å². The molecule has 0 radical (unpaired) electrons. The third kappa shape index (κ3) is 1.04. The smallest absolute Gasteiger partial charge is 0.0643 e. The van der Waals surface area contributed by atoms with Gasteiger partial charge in [0, 0.05) is 17.8 Å². The third-order valence-corrected chi connectivity index (χ3v) is 2.22. The number of H-pyrrole nitrogens is 1. The Morgan fingerprint density at radius 2 is 2.36 bits per heavy atom. The van der Waals surface area contributed by atoms with Crippen LogP contribution in [0.1, 0.15) is 5.56 Å². The Morgan fingerprint density at radius 3 is 3.18 bits per heavy atom. The van der Waals surface area contributed by atoms with Gasteiger partial charge in [-0.1, -0.05) is 0 Å². The molecule has 2 heterocycles. The van der Waals surface area contributed by atoms with Gasteiger partial charge in [-0.15, -0.1) is 9.24 Å². The Balaban J connectivity index is 2.79. The van der Waals surface area contributed by atoms with E-state index in [2.05, 4.69) is 25.3 Å². The van der Waals surface area contributed by atoms with Crippen LogP contribution in [0, 0.1) is 0 Å². The van der Waals surface area contributed by atoms with Gasteiger partial charge < -0.3 is 4.98 Å². The molecule has 0 aliphatic rings. The SMILES string of the molecule is PCc1cncc2[nH]ccc12. The van der Waals surface area contributed by atoms with Crippen LogP contribution < -0.4 is 0 Å². The van der Waals surface area contributed by atoms with E-state index in [1.54, 1.807) is 0 Å². The highest BCUT2D eigenvalue weighted by Crippen LogP contribution is 2.17. The lowest BCUT2D eigenvalue weighted by Gasteiger charge is -1.95. The zero-order valence-electron chi connectivity index (χ0n) is 6.04. The number of aromatic amines is 1. The van der Waals surface area contributed by atoms with E-state index in [4.69, 9.17) is 0 Å². The summed E-state index contributed by atoms with van der Waals surface area (Å²) in [5, 5.41) is 1.27. The largest absolute Gasteiger partial charge is 0.360 e. The van der Waals surface area contributed by atoms with Crippen LogP contribution in [0.3, 0.4) is 0 Å². The molecular formula is C8H9N2P. The lowest BCUT2D eigenvalue weighted by atomic mass is 10.2. The number of aromatic nitrogens is 2. The maximum atomic E-state index is 4.11. The quantitative estimate of drug-likeness (QED) is 0.641. The summed E-state index contributed by atoms with van der Waals surface area (Å²) in [4.78, 5) is 7.23. The van der Waals surface area contributed by atoms with E-state index in [9.17, 15) is 0 Å². The summed E-state index contributed by atoms with van der Waals surface area (Å²) in [7, 11) is 2.71. The van der Waals surface area contributed by atoms with Crippen molar-refractivity contribution in [2.75, 3.05) is 0 Å². The molecule has 2 nitrogen and oxygen atoms in total. The standard InChI is InChI=1S/C8H9N2P/c11-5-6-3-9-4-8-7(6)1-2-10-8/h1-4,10H,5,11H2. The molecule has 2 rings (SSSR count). The lowest BCUT2D eigenvalue weighted by molar-refractivity contribution is 1.28. The zero-order chi connectivity index (χ0) is 7.68. The number of rotatable bonds is 1. The van der Waals surface area contributed by atoms with Gasteiger partial charge in [0.25, 0.3) is 0 Å². The van der Waals surface area contributed by atoms with Crippen molar-refractivity contribution in [2.45, 2.75) is 6.16 Å². The zero-order valence-corrected chi connectivity index (χ0v) is 7.20. The van der Waals surface area contributed by atoms with Crippen LogP contribution in [0.5, 0.6) is 0 Å². The summed E-state index contributed by atoms with van der Waals surface area (Å²) in [5.74, 6) is 0. The Bertz CT molecular complexity index is 367. The molecule has 2 aromatic heterocycles. The molecule has 0 aliphatic heterocycles. The molecule has 0 spiro atoms. The number of nitrogens with one attached hydrogen (secondary N) is 1. The van der Waals surface area contributed by atoms with Crippen molar-refractivity contribution < 1.29 is 0 Å². The van der Waals surface area contributed by atoms with E-state index in [0.29, 0.717) is 0 Å². The lowest BCUT2D eigenvalue weighted by Crippen LogP contribution is -1.80. The molecule has 0 amide bonds. The first-order chi connectivity index (χ1) is 5.42. The molecule has 0 aromatic carbocycles. The molecule has 2 aromatic rings. The molecule has 0 fully saturated rings. The highest BCUT2D eigenvalue weighted by Gasteiger charge is 1.98. The average molecular weight is 164 g/mol. The van der Waals surface area contributed by atoms with Crippen molar-refractivity contribution in [1.82, 2.24) is 9.97 Å². The maximum Gasteiger partial charge on any atom is 0.0643 e. The first-order valence-electron chi connectivity index (χ1n) is 3.52. The van der Waals surface area contributed by atoms with Gasteiger partial charge in [0.15, 0.2) is 0 Å². The fourth-order valence-corrected chi connectivity index (χ4v) is 1.53. The second kappa shape index (κ2) is 2.63. The Kier molecular flexibility index (Phi) is 1.63. The minimum atomic E-state index is 0.961. The van der Waals surface area contributed by atoms with E-state index >= 15 is 0 Å². The Hall–Kier alpha value is -0.880. The Labute approximate surface area is 67.2 Å². The van der Waals surface area contributed by atoms with Crippen molar-refractivity contribution in [2.24, 2.45) is 0 Å². The van der Waals surface area contributed by atoms with Crippen LogP contribution >= 0.6 is 9.24 Å². The first-order valence-corrected chi connectivity index (χ1v) is 4.33. The fraction of sp³-hybridized carbons (Fsp3) is 0.125. The van der Waals surface area contributed by atoms with E-state index in [-0.39, 0.29) is 0 Å². The normalized spacial score (nSPS) is 10.6. The van der Waals surface area contributed by atoms with E-state index in [1.165, 1.54) is 10.9 Å². The number of hydrogen-bond donors (Lipinski definition) is 1. The highest BCUT2D eigenvalue weighted by molar-refractivity contribution is 7.15. The highest BCUT2D eigenvalue weighted by atomic mass is 31.0. The van der Waals surface area contributed by atoms with E-state index in [0.717, 1.165) is 11.7 Å². The van der Waals surface area contributed by atoms with Crippen LogP contribution in [0.4, 0.5) is 0 Å². The van der Waals surface area contributed by atoms with Crippen molar-refractivity contribution in [3.63, 3.8) is 0 Å². The molecule has 1 unspecified atom stereocenters. The van der Waals surface area contributed by atoms with Crippen LogP contribution in [0.25, 0.3) is 10.9 Å². The third-order valence-electron chi connectivity index (χ3n) is 1.78. The van der Waals surface area contributed by atoms with Gasteiger partial charge in [0.05, 0.1) is 11.7 Å². The summed E-state index contributed by atoms with van der Waals surface area (Å²) in [5.41, 5.74) is 2.39. The minimum Gasteiger partial charge on any atom is -0.360 e. The van der Waals surface area contributed by atoms with E-state index in [1.807, 2.05) is 18.6 Å². The molecular weight excluding hydrogens is 155 g/mol. The molecule has 0 saturated carbocycles. The molecule has 56 valence electrons. The fourth-order valence-electron chi connectivity index (χ4n) is 1.20. The maximum absolute atomic E-state index is 4.11. The molecule has 0 aliphatic carbocycles. The molecule has 1 atom stereocenters. The molecule has 0 bridgehead atoms. The van der Waals surface area contributed by atoms with Gasteiger partial charge in [-0.25, -0.2) is 0 Å². The van der Waals surface area contributed by atoms with Gasteiger partial charge in [0.1, 0.15) is 0 Å². The van der Waals surface area contributed by atoms with Crippen LogP contribution in [-0.2, 0) is 6.16 Å². The number of pyridine rings is 1. The minimum absolute atomic E-state index is 0.961. The van der Waals surface area contributed by atoms with Crippen LogP contribution in [-0.4, -0.2) is 9.97 Å². The second-order valence-corrected chi connectivity index (χ2v) is 2.85. The molecule has 3 heteroatoms. The number of fused-ring (bicyclic) bond motifs is 1. The average Bonchev–Trinajstić information content (AvgIpc) is 2.50. The predicted molar refractivity (Wildman–Crippen MR) is 49.5 cm³/mol. The molecule has 11 heavy (non-hydrogen) atoms. The van der Waals surface area contributed by atoms with E-state index < -0.39 is 0 Å². The summed E-state index contributed by atoms with van der Waals surface area (Å²) < 4.78 is 0. The number of nitrogens with zero attached hydrogens (tertiary/aromatic N) is 1.